The maximum atomic E-state index is 6.27. The van der Waals surface area contributed by atoms with Crippen LogP contribution in [0.15, 0.2) is 96.0 Å². The molecule has 0 saturated heterocycles. The zero-order valence-corrected chi connectivity index (χ0v) is 13.4. The van der Waals surface area contributed by atoms with Gasteiger partial charge in [0.25, 0.3) is 0 Å². The highest BCUT2D eigenvalue weighted by atomic mass is 16.5. The predicted octanol–water partition coefficient (Wildman–Crippen LogP) is 4.82. The van der Waals surface area contributed by atoms with Crippen LogP contribution in [0.1, 0.15) is 22.8 Å². The van der Waals surface area contributed by atoms with Crippen LogP contribution in [0, 0.1) is 0 Å². The van der Waals surface area contributed by atoms with Gasteiger partial charge in [-0.05, 0) is 29.7 Å². The van der Waals surface area contributed by atoms with E-state index >= 15 is 0 Å². The van der Waals surface area contributed by atoms with Gasteiger partial charge in [0, 0.05) is 5.56 Å². The first kappa shape index (κ1) is 14.7. The van der Waals surface area contributed by atoms with Gasteiger partial charge in [-0.15, -0.1) is 0 Å². The largest absolute Gasteiger partial charge is 0.467 e. The van der Waals surface area contributed by atoms with E-state index in [1.807, 2.05) is 42.5 Å². The number of hydrogen-bond donors (Lipinski definition) is 0. The van der Waals surface area contributed by atoms with E-state index in [2.05, 4.69) is 48.5 Å². The highest BCUT2D eigenvalue weighted by Gasteiger charge is 2.32. The third-order valence-corrected chi connectivity index (χ3v) is 4.31. The predicted molar refractivity (Wildman–Crippen MR) is 97.2 cm³/mol. The number of nitrogens with zero attached hydrogens (tertiary/aromatic N) is 1. The van der Waals surface area contributed by atoms with Crippen molar-refractivity contribution < 1.29 is 4.74 Å². The highest BCUT2D eigenvalue weighted by molar-refractivity contribution is 5.95. The molecule has 4 rings (SSSR count). The van der Waals surface area contributed by atoms with E-state index in [0.29, 0.717) is 0 Å². The van der Waals surface area contributed by atoms with Crippen LogP contribution in [0.3, 0.4) is 0 Å². The molecule has 2 atom stereocenters. The molecule has 2 nitrogen and oxygen atoms in total. The van der Waals surface area contributed by atoms with Gasteiger partial charge in [0.1, 0.15) is 6.10 Å². The summed E-state index contributed by atoms with van der Waals surface area (Å²) < 4.78 is 6.27. The number of rotatable bonds is 4. The topological polar surface area (TPSA) is 21.6 Å². The zero-order chi connectivity index (χ0) is 16.2. The maximum Gasteiger partial charge on any atom is 0.217 e. The molecule has 0 spiro atoms. The number of ether oxygens (including phenoxy) is 1. The van der Waals surface area contributed by atoms with Gasteiger partial charge in [0.15, 0.2) is 0 Å². The monoisotopic (exact) mass is 313 g/mol. The quantitative estimate of drug-likeness (QED) is 0.677. The molecule has 0 radical (unpaired) electrons. The smallest absolute Gasteiger partial charge is 0.217 e. The van der Waals surface area contributed by atoms with Crippen molar-refractivity contribution in [1.82, 2.24) is 0 Å². The number of benzene rings is 3. The fourth-order valence-electron chi connectivity index (χ4n) is 3.11. The first-order valence-electron chi connectivity index (χ1n) is 8.29. The molecular weight excluding hydrogens is 294 g/mol. The van der Waals surface area contributed by atoms with E-state index in [1.54, 1.807) is 0 Å². The molecule has 0 bridgehead atoms. The van der Waals surface area contributed by atoms with Crippen LogP contribution in [0.5, 0.6) is 0 Å². The Kier molecular flexibility index (Phi) is 4.11. The van der Waals surface area contributed by atoms with E-state index in [1.165, 1.54) is 11.1 Å². The molecule has 0 N–H and O–H groups in total. The van der Waals surface area contributed by atoms with Gasteiger partial charge in [0.2, 0.25) is 5.90 Å². The Morgan fingerprint density at radius 2 is 1.29 bits per heavy atom. The van der Waals surface area contributed by atoms with Crippen LogP contribution in [-0.2, 0) is 11.2 Å². The van der Waals surface area contributed by atoms with Crippen LogP contribution < -0.4 is 0 Å². The molecule has 3 aromatic rings. The summed E-state index contributed by atoms with van der Waals surface area (Å²) in [7, 11) is 0. The van der Waals surface area contributed by atoms with Crippen molar-refractivity contribution in [2.45, 2.75) is 18.6 Å². The Labute approximate surface area is 142 Å². The first-order chi connectivity index (χ1) is 11.9. The van der Waals surface area contributed by atoms with Crippen LogP contribution in [0.2, 0.25) is 0 Å². The van der Waals surface area contributed by atoms with Crippen molar-refractivity contribution in [1.29, 1.82) is 0 Å². The Balaban J connectivity index is 1.66. The van der Waals surface area contributed by atoms with Crippen LogP contribution in [-0.4, -0.2) is 11.9 Å². The van der Waals surface area contributed by atoms with Crippen molar-refractivity contribution in [3.05, 3.63) is 108 Å². The summed E-state index contributed by atoms with van der Waals surface area (Å²) in [6.07, 6.45) is 0.832. The molecule has 24 heavy (non-hydrogen) atoms. The van der Waals surface area contributed by atoms with Crippen LogP contribution >= 0.6 is 0 Å². The zero-order valence-electron chi connectivity index (χ0n) is 13.4. The lowest BCUT2D eigenvalue weighted by Gasteiger charge is -2.18. The van der Waals surface area contributed by atoms with Crippen molar-refractivity contribution in [2.24, 2.45) is 4.99 Å². The molecule has 2 heteroatoms. The molecule has 0 aliphatic carbocycles. The molecule has 0 aromatic heterocycles. The fourth-order valence-corrected chi connectivity index (χ4v) is 3.11. The summed E-state index contributed by atoms with van der Waals surface area (Å²) >= 11 is 0. The third kappa shape index (κ3) is 3.09. The Morgan fingerprint density at radius 1 is 0.708 bits per heavy atom. The standard InChI is InChI=1S/C22H19NO/c1-4-10-17(11-5-1)16-20-21(18-12-6-2-7-13-18)24-22(23-20)19-14-8-3-9-15-19/h1-15,20-21H,16H2/t20-,21-/m0/s1. The molecule has 0 saturated carbocycles. The minimum absolute atomic E-state index is 0.0402. The minimum Gasteiger partial charge on any atom is -0.467 e. The Hall–Kier alpha value is -2.87. The minimum atomic E-state index is -0.0402. The van der Waals surface area contributed by atoms with Crippen LogP contribution in [0.25, 0.3) is 0 Å². The molecule has 1 heterocycles. The van der Waals surface area contributed by atoms with Gasteiger partial charge in [-0.2, -0.15) is 0 Å². The lowest BCUT2D eigenvalue weighted by atomic mass is 9.97. The second-order valence-corrected chi connectivity index (χ2v) is 6.01. The summed E-state index contributed by atoms with van der Waals surface area (Å²) in [4.78, 5) is 4.91. The summed E-state index contributed by atoms with van der Waals surface area (Å²) in [6.45, 7) is 0. The maximum absolute atomic E-state index is 6.27. The highest BCUT2D eigenvalue weighted by Crippen LogP contribution is 2.32. The Bertz CT molecular complexity index is 812. The van der Waals surface area contributed by atoms with Gasteiger partial charge in [-0.25, -0.2) is 4.99 Å². The van der Waals surface area contributed by atoms with E-state index in [4.69, 9.17) is 9.73 Å². The number of hydrogen-bond acceptors (Lipinski definition) is 2. The molecule has 1 aliphatic heterocycles. The molecule has 0 unspecified atom stereocenters. The van der Waals surface area contributed by atoms with E-state index in [-0.39, 0.29) is 12.1 Å². The average molecular weight is 313 g/mol. The Morgan fingerprint density at radius 3 is 1.96 bits per heavy atom. The first-order valence-corrected chi connectivity index (χ1v) is 8.29. The molecule has 3 aromatic carbocycles. The molecule has 0 fully saturated rings. The summed E-state index contributed by atoms with van der Waals surface area (Å²) in [5.41, 5.74) is 3.49. The van der Waals surface area contributed by atoms with Crippen molar-refractivity contribution in [2.75, 3.05) is 0 Å². The summed E-state index contributed by atoms with van der Waals surface area (Å²) in [5.74, 6) is 0.741. The van der Waals surface area contributed by atoms with Crippen molar-refractivity contribution in [3.63, 3.8) is 0 Å². The lowest BCUT2D eigenvalue weighted by Crippen LogP contribution is -2.16. The lowest BCUT2D eigenvalue weighted by molar-refractivity contribution is 0.195. The van der Waals surface area contributed by atoms with Crippen LogP contribution in [0.4, 0.5) is 0 Å². The second-order valence-electron chi connectivity index (χ2n) is 6.01. The number of aliphatic imine (C=N–C) groups is 1. The van der Waals surface area contributed by atoms with E-state index < -0.39 is 0 Å². The third-order valence-electron chi connectivity index (χ3n) is 4.31. The summed E-state index contributed by atoms with van der Waals surface area (Å²) in [6, 6.07) is 31.1. The average Bonchev–Trinajstić information content (AvgIpc) is 3.08. The van der Waals surface area contributed by atoms with Crippen molar-refractivity contribution >= 4 is 5.90 Å². The van der Waals surface area contributed by atoms with Gasteiger partial charge in [-0.1, -0.05) is 78.9 Å². The van der Waals surface area contributed by atoms with E-state index in [9.17, 15) is 0 Å². The normalized spacial score (nSPS) is 19.6. The molecule has 1 aliphatic rings. The molecule has 0 amide bonds. The van der Waals surface area contributed by atoms with Gasteiger partial charge >= 0.3 is 0 Å². The fraction of sp³-hybridized carbons (Fsp3) is 0.136. The molecule has 118 valence electrons. The van der Waals surface area contributed by atoms with Gasteiger partial charge in [-0.3, -0.25) is 0 Å². The summed E-state index contributed by atoms with van der Waals surface area (Å²) in [5, 5.41) is 0. The second kappa shape index (κ2) is 6.71. The SMILES string of the molecule is c1ccc(C[C@@H]2N=C(c3ccccc3)O[C@H]2c2ccccc2)cc1. The van der Waals surface area contributed by atoms with E-state index in [0.717, 1.165) is 17.9 Å². The van der Waals surface area contributed by atoms with Crippen molar-refractivity contribution in [3.8, 4) is 0 Å². The molecular formula is C22H19NO. The van der Waals surface area contributed by atoms with Gasteiger partial charge in [0.05, 0.1) is 6.04 Å². The van der Waals surface area contributed by atoms with Gasteiger partial charge < -0.3 is 4.74 Å².